The molecule has 0 spiro atoms. The summed E-state index contributed by atoms with van der Waals surface area (Å²) in [6, 6.07) is 17.0. The van der Waals surface area contributed by atoms with Gasteiger partial charge in [0, 0.05) is 24.9 Å². The molecule has 184 valence electrons. The summed E-state index contributed by atoms with van der Waals surface area (Å²) >= 11 is 5.33. The van der Waals surface area contributed by atoms with Crippen molar-refractivity contribution in [3.8, 4) is 23.1 Å². The lowest BCUT2D eigenvalue weighted by Crippen LogP contribution is -2.41. The van der Waals surface area contributed by atoms with Gasteiger partial charge in [-0.2, -0.15) is 0 Å². The van der Waals surface area contributed by atoms with Crippen molar-refractivity contribution in [1.29, 1.82) is 0 Å². The Hall–Kier alpha value is -4.31. The molecular weight excluding hydrogens is 483 g/mol. The minimum absolute atomic E-state index is 0.0408. The molecule has 1 heterocycles. The first kappa shape index (κ1) is 24.8. The summed E-state index contributed by atoms with van der Waals surface area (Å²) in [5.41, 5.74) is 1.84. The Balaban J connectivity index is 1.49. The number of nitrogens with one attached hydrogen (secondary N) is 1. The van der Waals surface area contributed by atoms with E-state index >= 15 is 4.39 Å². The Morgan fingerprint density at radius 2 is 1.72 bits per heavy atom. The molecule has 0 bridgehead atoms. The van der Waals surface area contributed by atoms with Gasteiger partial charge in [-0.25, -0.2) is 14.4 Å². The number of carbonyl (C=O) groups excluding carboxylic acids is 1. The number of thiocarbonyl (C=S) groups is 1. The van der Waals surface area contributed by atoms with E-state index in [0.29, 0.717) is 28.1 Å². The number of nitrogens with zero attached hydrogens (tertiary/aromatic N) is 3. The van der Waals surface area contributed by atoms with Crippen LogP contribution in [0.3, 0.4) is 0 Å². The molecule has 4 rings (SSSR count). The average Bonchev–Trinajstić information content (AvgIpc) is 2.89. The highest BCUT2D eigenvalue weighted by molar-refractivity contribution is 7.80. The van der Waals surface area contributed by atoms with E-state index in [1.165, 1.54) is 37.6 Å². The Morgan fingerprint density at radius 1 is 1.00 bits per heavy atom. The highest BCUT2D eigenvalue weighted by atomic mass is 32.1. The zero-order valence-electron chi connectivity index (χ0n) is 19.8. The van der Waals surface area contributed by atoms with Crippen molar-refractivity contribution in [2.45, 2.75) is 6.42 Å². The fourth-order valence-electron chi connectivity index (χ4n) is 3.47. The zero-order valence-corrected chi connectivity index (χ0v) is 20.6. The molecule has 0 aliphatic heterocycles. The number of ether oxygens (including phenoxy) is 3. The van der Waals surface area contributed by atoms with E-state index in [9.17, 15) is 4.79 Å². The zero-order chi connectivity index (χ0) is 25.7. The van der Waals surface area contributed by atoms with Gasteiger partial charge >= 0.3 is 0 Å². The van der Waals surface area contributed by atoms with Gasteiger partial charge in [-0.15, -0.1) is 0 Å². The minimum Gasteiger partial charge on any atom is -0.493 e. The summed E-state index contributed by atoms with van der Waals surface area (Å²) in [4.78, 5) is 22.2. The fourth-order valence-corrected chi connectivity index (χ4v) is 3.69. The van der Waals surface area contributed by atoms with Gasteiger partial charge in [0.2, 0.25) is 11.8 Å². The van der Waals surface area contributed by atoms with Gasteiger partial charge < -0.3 is 24.4 Å². The van der Waals surface area contributed by atoms with Crippen molar-refractivity contribution >= 4 is 39.8 Å². The second kappa shape index (κ2) is 11.0. The molecule has 0 aliphatic rings. The number of methoxy groups -OCH3 is 2. The molecule has 4 aromatic rings. The van der Waals surface area contributed by atoms with Gasteiger partial charge in [0.05, 0.1) is 31.5 Å². The quantitative estimate of drug-likeness (QED) is 0.363. The number of anilines is 1. The molecule has 3 aromatic carbocycles. The van der Waals surface area contributed by atoms with E-state index in [0.717, 1.165) is 5.56 Å². The number of aromatic nitrogens is 2. The molecular formula is C26H23FN4O4S. The maximum atomic E-state index is 15.0. The molecule has 0 saturated carbocycles. The van der Waals surface area contributed by atoms with Crippen LogP contribution in [-0.4, -0.2) is 42.3 Å². The monoisotopic (exact) mass is 506 g/mol. The fraction of sp³-hybridized carbons (Fsp3) is 0.154. The van der Waals surface area contributed by atoms with Gasteiger partial charge in [-0.1, -0.05) is 30.3 Å². The SMILES string of the molecule is COc1cc2ncnc(Oc3ccc(N(C)C(=S)NC(=O)Cc4ccccc4)cc3F)c2cc1OC. The highest BCUT2D eigenvalue weighted by Crippen LogP contribution is 2.36. The molecule has 0 aliphatic carbocycles. The van der Waals surface area contributed by atoms with Crippen LogP contribution in [-0.2, 0) is 11.2 Å². The Morgan fingerprint density at radius 3 is 2.42 bits per heavy atom. The smallest absolute Gasteiger partial charge is 0.230 e. The van der Waals surface area contributed by atoms with Crippen LogP contribution in [0.15, 0.2) is 67.0 Å². The molecule has 36 heavy (non-hydrogen) atoms. The van der Waals surface area contributed by atoms with Crippen LogP contribution in [0.4, 0.5) is 10.1 Å². The van der Waals surface area contributed by atoms with Crippen molar-refractivity contribution in [3.63, 3.8) is 0 Å². The van der Waals surface area contributed by atoms with E-state index in [1.807, 2.05) is 30.3 Å². The maximum absolute atomic E-state index is 15.0. The van der Waals surface area contributed by atoms with E-state index in [4.69, 9.17) is 26.4 Å². The van der Waals surface area contributed by atoms with Gasteiger partial charge in [-0.3, -0.25) is 4.79 Å². The molecule has 1 amide bonds. The molecule has 0 unspecified atom stereocenters. The molecule has 1 N–H and O–H groups in total. The predicted octanol–water partition coefficient (Wildman–Crippen LogP) is 4.66. The van der Waals surface area contributed by atoms with Gasteiger partial charge in [0.25, 0.3) is 0 Å². The van der Waals surface area contributed by atoms with E-state index in [1.54, 1.807) is 25.2 Å². The van der Waals surface area contributed by atoms with Crippen LogP contribution in [0.1, 0.15) is 5.56 Å². The summed E-state index contributed by atoms with van der Waals surface area (Å²) < 4.78 is 31.4. The van der Waals surface area contributed by atoms with Crippen LogP contribution < -0.4 is 24.4 Å². The average molecular weight is 507 g/mol. The first-order valence-electron chi connectivity index (χ1n) is 10.8. The molecule has 10 heteroatoms. The van der Waals surface area contributed by atoms with Crippen LogP contribution >= 0.6 is 12.2 Å². The van der Waals surface area contributed by atoms with Crippen LogP contribution in [0, 0.1) is 5.82 Å². The van der Waals surface area contributed by atoms with Gasteiger partial charge in [0.1, 0.15) is 6.33 Å². The Kier molecular flexibility index (Phi) is 7.55. The minimum atomic E-state index is -0.634. The maximum Gasteiger partial charge on any atom is 0.230 e. The van der Waals surface area contributed by atoms with Crippen molar-refractivity contribution in [3.05, 3.63) is 78.4 Å². The van der Waals surface area contributed by atoms with E-state index in [2.05, 4.69) is 15.3 Å². The highest BCUT2D eigenvalue weighted by Gasteiger charge is 2.17. The van der Waals surface area contributed by atoms with Crippen molar-refractivity contribution in [2.24, 2.45) is 0 Å². The normalized spacial score (nSPS) is 10.6. The van der Waals surface area contributed by atoms with E-state index < -0.39 is 5.82 Å². The van der Waals surface area contributed by atoms with Crippen LogP contribution in [0.5, 0.6) is 23.1 Å². The topological polar surface area (TPSA) is 85.8 Å². The molecule has 0 fully saturated rings. The molecule has 0 atom stereocenters. The number of halogens is 1. The summed E-state index contributed by atoms with van der Waals surface area (Å²) in [7, 11) is 4.67. The van der Waals surface area contributed by atoms with E-state index in [-0.39, 0.29) is 29.1 Å². The van der Waals surface area contributed by atoms with Gasteiger partial charge in [-0.05, 0) is 36.0 Å². The second-order valence-corrected chi connectivity index (χ2v) is 8.08. The summed E-state index contributed by atoms with van der Waals surface area (Å²) in [5, 5.41) is 3.34. The molecule has 0 radical (unpaired) electrons. The Bertz CT molecular complexity index is 1420. The molecule has 8 nitrogen and oxygen atoms in total. The lowest BCUT2D eigenvalue weighted by Gasteiger charge is -2.21. The van der Waals surface area contributed by atoms with Crippen LogP contribution in [0.25, 0.3) is 10.9 Å². The Labute approximate surface area is 212 Å². The second-order valence-electron chi connectivity index (χ2n) is 7.69. The summed E-state index contributed by atoms with van der Waals surface area (Å²) in [6.07, 6.45) is 1.50. The molecule has 0 saturated heterocycles. The van der Waals surface area contributed by atoms with Crippen LogP contribution in [0.2, 0.25) is 0 Å². The lowest BCUT2D eigenvalue weighted by atomic mass is 10.1. The largest absolute Gasteiger partial charge is 0.493 e. The lowest BCUT2D eigenvalue weighted by molar-refractivity contribution is -0.119. The predicted molar refractivity (Wildman–Crippen MR) is 138 cm³/mol. The van der Waals surface area contributed by atoms with Crippen molar-refractivity contribution in [1.82, 2.24) is 15.3 Å². The first-order chi connectivity index (χ1) is 17.4. The third-order valence-corrected chi connectivity index (χ3v) is 5.75. The van der Waals surface area contributed by atoms with Crippen molar-refractivity contribution in [2.75, 3.05) is 26.2 Å². The standard InChI is InChI=1S/C26H23FN4O4S/c1-31(26(36)30-24(32)11-16-7-5-4-6-8-16)17-9-10-21(19(27)12-17)35-25-18-13-22(33-2)23(34-3)14-20(18)28-15-29-25/h4-10,12-15H,11H2,1-3H3,(H,30,32,36). The number of hydrogen-bond donors (Lipinski definition) is 1. The third kappa shape index (κ3) is 5.49. The number of fused-ring (bicyclic) bond motifs is 1. The number of carbonyl (C=O) groups is 1. The summed E-state index contributed by atoms with van der Waals surface area (Å²) in [6.45, 7) is 0. The van der Waals surface area contributed by atoms with Gasteiger partial charge in [0.15, 0.2) is 28.2 Å². The number of amides is 1. The number of rotatable bonds is 7. The summed E-state index contributed by atoms with van der Waals surface area (Å²) in [5.74, 6) is 0.182. The van der Waals surface area contributed by atoms with Crippen molar-refractivity contribution < 1.29 is 23.4 Å². The molecule has 1 aromatic heterocycles. The third-order valence-electron chi connectivity index (χ3n) is 5.37. The number of hydrogen-bond acceptors (Lipinski definition) is 7. The number of benzene rings is 3. The first-order valence-corrected chi connectivity index (χ1v) is 11.3.